The van der Waals surface area contributed by atoms with Crippen LogP contribution < -0.4 is 20.7 Å². The van der Waals surface area contributed by atoms with Crippen LogP contribution in [0.2, 0.25) is 0 Å². The number of aromatic nitrogens is 2. The van der Waals surface area contributed by atoms with Crippen LogP contribution in [0.5, 0.6) is 5.06 Å². The fourth-order valence-electron chi connectivity index (χ4n) is 2.89. The van der Waals surface area contributed by atoms with E-state index in [1.807, 2.05) is 29.8 Å². The molecule has 4 N–H and O–H groups in total. The van der Waals surface area contributed by atoms with Gasteiger partial charge in [-0.3, -0.25) is 0 Å². The van der Waals surface area contributed by atoms with Crippen LogP contribution in [0.4, 0.5) is 20.6 Å². The molecule has 0 atom stereocenters. The number of hydrogen-bond donors (Lipinski definition) is 4. The summed E-state index contributed by atoms with van der Waals surface area (Å²) in [7, 11) is 0. The van der Waals surface area contributed by atoms with Crippen molar-refractivity contribution in [2.75, 3.05) is 18.4 Å². The van der Waals surface area contributed by atoms with Gasteiger partial charge in [0, 0.05) is 37.4 Å². The Bertz CT molecular complexity index is 1130. The summed E-state index contributed by atoms with van der Waals surface area (Å²) in [5, 5.41) is 12.5. The van der Waals surface area contributed by atoms with E-state index in [0.29, 0.717) is 30.4 Å². The fourth-order valence-corrected chi connectivity index (χ4v) is 3.59. The van der Waals surface area contributed by atoms with E-state index in [1.165, 1.54) is 23.5 Å². The number of amides is 1. The first kappa shape index (κ1) is 19.9. The molecule has 0 saturated heterocycles. The summed E-state index contributed by atoms with van der Waals surface area (Å²) in [6, 6.07) is 11.9. The van der Waals surface area contributed by atoms with Gasteiger partial charge in [-0.25, -0.2) is 14.2 Å². The van der Waals surface area contributed by atoms with E-state index in [-0.39, 0.29) is 5.82 Å². The van der Waals surface area contributed by atoms with Gasteiger partial charge in [0.1, 0.15) is 11.5 Å². The van der Waals surface area contributed by atoms with Crippen LogP contribution in [0.1, 0.15) is 5.56 Å². The average Bonchev–Trinajstić information content (AvgIpc) is 3.39. The van der Waals surface area contributed by atoms with Gasteiger partial charge < -0.3 is 25.7 Å². The molecular formula is C21H20FN5O2S. The lowest BCUT2D eigenvalue weighted by molar-refractivity contribution is 0.202. The van der Waals surface area contributed by atoms with Crippen LogP contribution in [-0.2, 0) is 6.54 Å². The van der Waals surface area contributed by atoms with Gasteiger partial charge in [-0.2, -0.15) is 0 Å². The number of carbonyl (C=O) groups is 1. The number of pyridine rings is 1. The molecule has 0 aliphatic heterocycles. The smallest absolute Gasteiger partial charge is 0.397 e. The SMILES string of the molecule is O=C(NCCNCc1ccc(F)cc1)Oc1sccc1Nc1ccnc2[nH]ccc12. The van der Waals surface area contributed by atoms with E-state index in [0.717, 1.165) is 22.3 Å². The second-order valence-electron chi connectivity index (χ2n) is 6.46. The van der Waals surface area contributed by atoms with Crippen molar-refractivity contribution in [3.05, 3.63) is 71.6 Å². The highest BCUT2D eigenvalue weighted by Crippen LogP contribution is 2.35. The number of anilines is 2. The van der Waals surface area contributed by atoms with Gasteiger partial charge in [0.25, 0.3) is 0 Å². The van der Waals surface area contributed by atoms with E-state index in [4.69, 9.17) is 4.74 Å². The molecule has 9 heteroatoms. The molecule has 30 heavy (non-hydrogen) atoms. The van der Waals surface area contributed by atoms with Crippen LogP contribution in [0, 0.1) is 5.82 Å². The van der Waals surface area contributed by atoms with Gasteiger partial charge in [-0.1, -0.05) is 12.1 Å². The predicted octanol–water partition coefficient (Wildman–Crippen LogP) is 4.39. The summed E-state index contributed by atoms with van der Waals surface area (Å²) >= 11 is 1.33. The minimum atomic E-state index is -0.523. The third-order valence-electron chi connectivity index (χ3n) is 4.36. The van der Waals surface area contributed by atoms with E-state index < -0.39 is 6.09 Å². The van der Waals surface area contributed by atoms with Gasteiger partial charge in [-0.05, 0) is 41.3 Å². The van der Waals surface area contributed by atoms with Gasteiger partial charge in [0.15, 0.2) is 0 Å². The van der Waals surface area contributed by atoms with Crippen molar-refractivity contribution in [1.29, 1.82) is 0 Å². The minimum absolute atomic E-state index is 0.257. The zero-order valence-electron chi connectivity index (χ0n) is 15.9. The molecule has 0 spiro atoms. The fraction of sp³-hybridized carbons (Fsp3) is 0.143. The maximum atomic E-state index is 12.9. The Balaban J connectivity index is 1.25. The number of thiophene rings is 1. The molecule has 0 radical (unpaired) electrons. The number of nitrogens with zero attached hydrogens (tertiary/aromatic N) is 1. The van der Waals surface area contributed by atoms with Crippen LogP contribution in [-0.4, -0.2) is 29.2 Å². The molecule has 0 saturated carbocycles. The second-order valence-corrected chi connectivity index (χ2v) is 7.34. The molecule has 154 valence electrons. The van der Waals surface area contributed by atoms with Crippen molar-refractivity contribution < 1.29 is 13.9 Å². The number of rotatable bonds is 8. The number of hydrogen-bond acceptors (Lipinski definition) is 6. The number of benzene rings is 1. The molecule has 4 aromatic rings. The number of nitrogens with one attached hydrogen (secondary N) is 4. The molecule has 7 nitrogen and oxygen atoms in total. The topological polar surface area (TPSA) is 91.1 Å². The maximum Gasteiger partial charge on any atom is 0.413 e. The molecule has 0 aliphatic carbocycles. The summed E-state index contributed by atoms with van der Waals surface area (Å²) in [5.41, 5.74) is 3.33. The van der Waals surface area contributed by atoms with E-state index in [9.17, 15) is 9.18 Å². The highest BCUT2D eigenvalue weighted by Gasteiger charge is 2.12. The molecule has 0 unspecified atom stereocenters. The summed E-state index contributed by atoms with van der Waals surface area (Å²) in [6.45, 7) is 1.56. The van der Waals surface area contributed by atoms with Gasteiger partial charge in [0.05, 0.1) is 11.4 Å². The first-order valence-corrected chi connectivity index (χ1v) is 10.2. The predicted molar refractivity (Wildman–Crippen MR) is 116 cm³/mol. The number of aromatic amines is 1. The summed E-state index contributed by atoms with van der Waals surface area (Å²) in [5.74, 6) is -0.257. The van der Waals surface area contributed by atoms with E-state index in [2.05, 4.69) is 25.9 Å². The van der Waals surface area contributed by atoms with E-state index in [1.54, 1.807) is 18.3 Å². The molecule has 3 aromatic heterocycles. The van der Waals surface area contributed by atoms with Crippen molar-refractivity contribution in [3.63, 3.8) is 0 Å². The Morgan fingerprint density at radius 1 is 1.10 bits per heavy atom. The van der Waals surface area contributed by atoms with Crippen molar-refractivity contribution in [1.82, 2.24) is 20.6 Å². The van der Waals surface area contributed by atoms with Crippen LogP contribution in [0.15, 0.2) is 60.2 Å². The Hall–Kier alpha value is -3.43. The molecule has 1 amide bonds. The summed E-state index contributed by atoms with van der Waals surface area (Å²) in [4.78, 5) is 19.4. The molecule has 0 fully saturated rings. The lowest BCUT2D eigenvalue weighted by Gasteiger charge is -2.10. The number of fused-ring (bicyclic) bond motifs is 1. The van der Waals surface area contributed by atoms with Crippen molar-refractivity contribution in [2.45, 2.75) is 6.54 Å². The summed E-state index contributed by atoms with van der Waals surface area (Å²) < 4.78 is 18.3. The van der Waals surface area contributed by atoms with Crippen LogP contribution >= 0.6 is 11.3 Å². The second kappa shape index (κ2) is 9.38. The number of halogens is 1. The van der Waals surface area contributed by atoms with Gasteiger partial charge in [0.2, 0.25) is 5.06 Å². The Labute approximate surface area is 176 Å². The standard InChI is InChI=1S/C21H20FN5O2S/c22-15-3-1-14(2-4-15)13-23-10-11-26-21(28)29-20-18(7-12-30-20)27-17-6-9-25-19-16(17)5-8-24-19/h1-9,12,23H,10-11,13H2,(H,26,28)(H2,24,25,27). The molecule has 1 aromatic carbocycles. The zero-order valence-corrected chi connectivity index (χ0v) is 16.8. The van der Waals surface area contributed by atoms with Gasteiger partial charge in [-0.15, -0.1) is 11.3 Å². The quantitative estimate of drug-likeness (QED) is 0.315. The largest absolute Gasteiger partial charge is 0.413 e. The molecule has 0 aliphatic rings. The molecular weight excluding hydrogens is 405 g/mol. The first-order valence-electron chi connectivity index (χ1n) is 9.36. The first-order chi connectivity index (χ1) is 14.7. The minimum Gasteiger partial charge on any atom is -0.397 e. The normalized spacial score (nSPS) is 10.8. The summed E-state index contributed by atoms with van der Waals surface area (Å²) in [6.07, 6.45) is 3.01. The zero-order chi connectivity index (χ0) is 20.8. The molecule has 0 bridgehead atoms. The Kier molecular flexibility index (Phi) is 6.21. The van der Waals surface area contributed by atoms with Crippen molar-refractivity contribution in [2.24, 2.45) is 0 Å². The molecule has 3 heterocycles. The third kappa shape index (κ3) is 4.94. The highest BCUT2D eigenvalue weighted by atomic mass is 32.1. The Morgan fingerprint density at radius 2 is 1.97 bits per heavy atom. The number of ether oxygens (including phenoxy) is 1. The van der Waals surface area contributed by atoms with Gasteiger partial charge >= 0.3 is 6.09 Å². The van der Waals surface area contributed by atoms with Crippen molar-refractivity contribution in [3.8, 4) is 5.06 Å². The maximum absolute atomic E-state index is 12.9. The van der Waals surface area contributed by atoms with E-state index >= 15 is 0 Å². The van der Waals surface area contributed by atoms with Crippen molar-refractivity contribution >= 4 is 39.8 Å². The van der Waals surface area contributed by atoms with Crippen LogP contribution in [0.25, 0.3) is 11.0 Å². The monoisotopic (exact) mass is 425 g/mol. The lowest BCUT2D eigenvalue weighted by Crippen LogP contribution is -2.33. The lowest BCUT2D eigenvalue weighted by atomic mass is 10.2. The highest BCUT2D eigenvalue weighted by molar-refractivity contribution is 7.12. The molecule has 4 rings (SSSR count). The van der Waals surface area contributed by atoms with Crippen LogP contribution in [0.3, 0.4) is 0 Å². The number of carbonyl (C=O) groups excluding carboxylic acids is 1. The Morgan fingerprint density at radius 3 is 2.83 bits per heavy atom. The average molecular weight is 425 g/mol. The number of H-pyrrole nitrogens is 1. The third-order valence-corrected chi connectivity index (χ3v) is 5.15.